The van der Waals surface area contributed by atoms with E-state index in [4.69, 9.17) is 5.73 Å². The van der Waals surface area contributed by atoms with Crippen LogP contribution in [0.4, 0.5) is 4.39 Å². The first kappa shape index (κ1) is 16.9. The molecule has 1 fully saturated rings. The van der Waals surface area contributed by atoms with Crippen molar-refractivity contribution in [3.63, 3.8) is 0 Å². The van der Waals surface area contributed by atoms with Gasteiger partial charge in [0.1, 0.15) is 5.82 Å². The molecule has 22 heavy (non-hydrogen) atoms. The third-order valence-corrected chi connectivity index (χ3v) is 4.69. The van der Waals surface area contributed by atoms with Crippen molar-refractivity contribution in [2.45, 2.75) is 45.6 Å². The summed E-state index contributed by atoms with van der Waals surface area (Å²) in [5.41, 5.74) is 6.93. The minimum absolute atomic E-state index is 0.0323. The van der Waals surface area contributed by atoms with Crippen LogP contribution in [0.15, 0.2) is 24.3 Å². The fourth-order valence-electron chi connectivity index (χ4n) is 3.15. The molecule has 0 aromatic heterocycles. The van der Waals surface area contributed by atoms with Crippen molar-refractivity contribution in [3.05, 3.63) is 35.6 Å². The van der Waals surface area contributed by atoms with Gasteiger partial charge in [-0.05, 0) is 56.2 Å². The first-order valence-electron chi connectivity index (χ1n) is 8.26. The van der Waals surface area contributed by atoms with Gasteiger partial charge in [0.05, 0.1) is 0 Å². The van der Waals surface area contributed by atoms with E-state index in [1.165, 1.54) is 6.07 Å². The summed E-state index contributed by atoms with van der Waals surface area (Å²) in [7, 11) is 0. The molecule has 0 spiro atoms. The van der Waals surface area contributed by atoms with Crippen LogP contribution in [0.3, 0.4) is 0 Å². The van der Waals surface area contributed by atoms with E-state index in [1.807, 2.05) is 24.8 Å². The Labute approximate surface area is 132 Å². The third kappa shape index (κ3) is 4.54. The number of amides is 1. The Hall–Kier alpha value is -1.42. The average molecular weight is 306 g/mol. The molecule has 122 valence electrons. The maximum Gasteiger partial charge on any atom is 0.225 e. The van der Waals surface area contributed by atoms with Crippen molar-refractivity contribution < 1.29 is 9.18 Å². The average Bonchev–Trinajstić information content (AvgIpc) is 2.52. The fraction of sp³-hybridized carbons (Fsp3) is 0.611. The zero-order valence-electron chi connectivity index (χ0n) is 13.6. The van der Waals surface area contributed by atoms with Gasteiger partial charge < -0.3 is 10.6 Å². The van der Waals surface area contributed by atoms with Gasteiger partial charge in [-0.1, -0.05) is 19.1 Å². The third-order valence-electron chi connectivity index (χ3n) is 4.69. The second-order valence-corrected chi connectivity index (χ2v) is 6.62. The fourth-order valence-corrected chi connectivity index (χ4v) is 3.15. The molecule has 3 unspecified atom stereocenters. The zero-order valence-corrected chi connectivity index (χ0v) is 13.6. The Morgan fingerprint density at radius 3 is 2.91 bits per heavy atom. The van der Waals surface area contributed by atoms with Crippen molar-refractivity contribution in [3.8, 4) is 0 Å². The van der Waals surface area contributed by atoms with Crippen LogP contribution in [0.1, 0.15) is 38.7 Å². The second-order valence-electron chi connectivity index (χ2n) is 6.62. The van der Waals surface area contributed by atoms with E-state index in [2.05, 4.69) is 0 Å². The highest BCUT2D eigenvalue weighted by atomic mass is 19.1. The smallest absolute Gasteiger partial charge is 0.225 e. The monoisotopic (exact) mass is 306 g/mol. The highest BCUT2D eigenvalue weighted by molar-refractivity contribution is 5.78. The van der Waals surface area contributed by atoms with E-state index in [-0.39, 0.29) is 23.7 Å². The van der Waals surface area contributed by atoms with Gasteiger partial charge in [-0.3, -0.25) is 4.79 Å². The summed E-state index contributed by atoms with van der Waals surface area (Å²) in [6, 6.07) is 6.75. The molecule has 2 rings (SSSR count). The van der Waals surface area contributed by atoms with Crippen LogP contribution in [-0.2, 0) is 11.2 Å². The van der Waals surface area contributed by atoms with Crippen LogP contribution in [0.2, 0.25) is 0 Å². The molecule has 0 bridgehead atoms. The van der Waals surface area contributed by atoms with E-state index < -0.39 is 0 Å². The molecule has 1 heterocycles. The number of halogens is 1. The van der Waals surface area contributed by atoms with Crippen molar-refractivity contribution in [2.24, 2.45) is 17.6 Å². The summed E-state index contributed by atoms with van der Waals surface area (Å²) in [6.45, 7) is 5.61. The summed E-state index contributed by atoms with van der Waals surface area (Å²) in [5.74, 6) is 0.372. The van der Waals surface area contributed by atoms with Crippen LogP contribution < -0.4 is 5.73 Å². The van der Waals surface area contributed by atoms with E-state index >= 15 is 0 Å². The van der Waals surface area contributed by atoms with Gasteiger partial charge in [-0.25, -0.2) is 4.39 Å². The second kappa shape index (κ2) is 7.73. The molecule has 0 aliphatic carbocycles. The SMILES string of the molecule is CC(CCc1cccc(F)c1)C(=O)N1CCCC(C(C)N)C1. The Balaban J connectivity index is 1.86. The van der Waals surface area contributed by atoms with Crippen molar-refractivity contribution in [1.29, 1.82) is 0 Å². The van der Waals surface area contributed by atoms with E-state index in [9.17, 15) is 9.18 Å². The van der Waals surface area contributed by atoms with Gasteiger partial charge >= 0.3 is 0 Å². The molecule has 1 aliphatic heterocycles. The van der Waals surface area contributed by atoms with Crippen LogP contribution in [0.5, 0.6) is 0 Å². The number of carbonyl (C=O) groups excluding carboxylic acids is 1. The number of piperidine rings is 1. The normalized spacial score (nSPS) is 21.5. The van der Waals surface area contributed by atoms with Crippen molar-refractivity contribution >= 4 is 5.91 Å². The molecular weight excluding hydrogens is 279 g/mol. The van der Waals surface area contributed by atoms with Crippen LogP contribution in [0.25, 0.3) is 0 Å². The number of nitrogens with two attached hydrogens (primary N) is 1. The Morgan fingerprint density at radius 2 is 2.23 bits per heavy atom. The topological polar surface area (TPSA) is 46.3 Å². The summed E-state index contributed by atoms with van der Waals surface area (Å²) in [4.78, 5) is 14.5. The van der Waals surface area contributed by atoms with Crippen LogP contribution >= 0.6 is 0 Å². The lowest BCUT2D eigenvalue weighted by molar-refractivity contribution is -0.137. The highest BCUT2D eigenvalue weighted by Crippen LogP contribution is 2.22. The molecule has 3 nitrogen and oxygen atoms in total. The minimum Gasteiger partial charge on any atom is -0.342 e. The molecule has 3 atom stereocenters. The van der Waals surface area contributed by atoms with Crippen LogP contribution in [0, 0.1) is 17.7 Å². The molecule has 1 aromatic rings. The molecule has 2 N–H and O–H groups in total. The van der Waals surface area contributed by atoms with Gasteiger partial charge in [0, 0.05) is 25.0 Å². The highest BCUT2D eigenvalue weighted by Gasteiger charge is 2.28. The zero-order chi connectivity index (χ0) is 16.1. The number of likely N-dealkylation sites (tertiary alicyclic amines) is 1. The van der Waals surface area contributed by atoms with Gasteiger partial charge in [-0.2, -0.15) is 0 Å². The predicted molar refractivity (Wildman–Crippen MR) is 86.8 cm³/mol. The summed E-state index contributed by atoms with van der Waals surface area (Å²) < 4.78 is 13.2. The predicted octanol–water partition coefficient (Wildman–Crippen LogP) is 2.98. The first-order chi connectivity index (χ1) is 10.5. The van der Waals surface area contributed by atoms with Crippen molar-refractivity contribution in [1.82, 2.24) is 4.90 Å². The number of hydrogen-bond acceptors (Lipinski definition) is 2. The lowest BCUT2D eigenvalue weighted by Crippen LogP contribution is -2.46. The number of hydrogen-bond donors (Lipinski definition) is 1. The van der Waals surface area contributed by atoms with Crippen molar-refractivity contribution in [2.75, 3.05) is 13.1 Å². The maximum absolute atomic E-state index is 13.2. The minimum atomic E-state index is -0.215. The van der Waals surface area contributed by atoms with Gasteiger partial charge in [0.25, 0.3) is 0 Å². The maximum atomic E-state index is 13.2. The largest absolute Gasteiger partial charge is 0.342 e. The first-order valence-corrected chi connectivity index (χ1v) is 8.26. The summed E-state index contributed by atoms with van der Waals surface area (Å²) in [5, 5.41) is 0. The molecule has 0 saturated carbocycles. The number of nitrogens with zero attached hydrogens (tertiary/aromatic N) is 1. The number of benzene rings is 1. The molecule has 0 radical (unpaired) electrons. The lowest BCUT2D eigenvalue weighted by atomic mass is 9.91. The van der Waals surface area contributed by atoms with Gasteiger partial charge in [0.15, 0.2) is 0 Å². The Kier molecular flexibility index (Phi) is 5.95. The number of rotatable bonds is 5. The molecule has 1 saturated heterocycles. The summed E-state index contributed by atoms with van der Waals surface area (Å²) in [6.07, 6.45) is 3.63. The molecule has 1 amide bonds. The van der Waals surface area contributed by atoms with E-state index in [0.29, 0.717) is 5.92 Å². The molecule has 4 heteroatoms. The Morgan fingerprint density at radius 1 is 1.45 bits per heavy atom. The van der Waals surface area contributed by atoms with Crippen LogP contribution in [-0.4, -0.2) is 29.9 Å². The van der Waals surface area contributed by atoms with Gasteiger partial charge in [0.2, 0.25) is 5.91 Å². The van der Waals surface area contributed by atoms with Gasteiger partial charge in [-0.15, -0.1) is 0 Å². The molecule has 1 aromatic carbocycles. The van der Waals surface area contributed by atoms with E-state index in [0.717, 1.165) is 44.3 Å². The standard InChI is InChI=1S/C18H27FN2O/c1-13(8-9-15-5-3-7-17(19)11-15)18(22)21-10-4-6-16(12-21)14(2)20/h3,5,7,11,13-14,16H,4,6,8-10,12,20H2,1-2H3. The summed E-state index contributed by atoms with van der Waals surface area (Å²) >= 11 is 0. The number of carbonyl (C=O) groups is 1. The lowest BCUT2D eigenvalue weighted by Gasteiger charge is -2.36. The quantitative estimate of drug-likeness (QED) is 0.909. The number of aryl methyl sites for hydroxylation is 1. The van der Waals surface area contributed by atoms with E-state index in [1.54, 1.807) is 12.1 Å². The Bertz CT molecular complexity index is 504. The molecular formula is C18H27FN2O. The molecule has 1 aliphatic rings.